The minimum absolute atomic E-state index is 0.0644. The third kappa shape index (κ3) is 7.10. The largest absolute Gasteiger partial charge is 0.354 e. The Bertz CT molecular complexity index is 170. The Balaban J connectivity index is 3.27. The molecule has 1 amide bonds. The summed E-state index contributed by atoms with van der Waals surface area (Å²) in [5.74, 6) is 2.50. The molecule has 0 fully saturated rings. The quantitative estimate of drug-likeness (QED) is 0.452. The van der Waals surface area contributed by atoms with Gasteiger partial charge in [0.1, 0.15) is 0 Å². The summed E-state index contributed by atoms with van der Waals surface area (Å²) in [6.07, 6.45) is 5.50. The first-order valence-electron chi connectivity index (χ1n) is 4.10. The first-order chi connectivity index (χ1) is 5.66. The number of carbonyl (C=O) groups is 1. The number of terminal acetylenes is 1. The van der Waals surface area contributed by atoms with Gasteiger partial charge in [0.15, 0.2) is 0 Å². The van der Waals surface area contributed by atoms with Crippen molar-refractivity contribution in [2.75, 3.05) is 13.1 Å². The Kier molecular flexibility index (Phi) is 6.12. The molecule has 0 bridgehead atoms. The minimum atomic E-state index is 0.0644. The second-order valence-electron chi connectivity index (χ2n) is 2.85. The molecule has 0 unspecified atom stereocenters. The number of carbonyl (C=O) groups excluding carboxylic acids is 1. The third-order valence-corrected chi connectivity index (χ3v) is 1.21. The maximum atomic E-state index is 11.0. The van der Waals surface area contributed by atoms with E-state index >= 15 is 0 Å². The van der Waals surface area contributed by atoms with Gasteiger partial charge in [0.05, 0.1) is 6.54 Å². The van der Waals surface area contributed by atoms with Crippen LogP contribution in [0.5, 0.6) is 0 Å². The molecule has 0 saturated carbocycles. The fraction of sp³-hybridized carbons (Fsp3) is 0.667. The van der Waals surface area contributed by atoms with E-state index in [4.69, 9.17) is 6.42 Å². The van der Waals surface area contributed by atoms with Crippen molar-refractivity contribution in [1.29, 1.82) is 0 Å². The summed E-state index contributed by atoms with van der Waals surface area (Å²) in [7, 11) is 0. The predicted molar refractivity (Wildman–Crippen MR) is 49.6 cm³/mol. The van der Waals surface area contributed by atoms with E-state index in [1.807, 2.05) is 13.8 Å². The zero-order chi connectivity index (χ0) is 9.40. The second kappa shape index (κ2) is 6.68. The topological polar surface area (TPSA) is 41.1 Å². The first-order valence-corrected chi connectivity index (χ1v) is 4.10. The SMILES string of the molecule is C#CCNCCC(=O)NC(C)C. The van der Waals surface area contributed by atoms with Crippen molar-refractivity contribution in [2.24, 2.45) is 0 Å². The highest BCUT2D eigenvalue weighted by Crippen LogP contribution is 1.81. The zero-order valence-corrected chi connectivity index (χ0v) is 7.68. The van der Waals surface area contributed by atoms with Crippen molar-refractivity contribution in [3.05, 3.63) is 0 Å². The molecule has 0 spiro atoms. The van der Waals surface area contributed by atoms with Crippen molar-refractivity contribution in [3.63, 3.8) is 0 Å². The van der Waals surface area contributed by atoms with Crippen LogP contribution in [0.15, 0.2) is 0 Å². The van der Waals surface area contributed by atoms with Gasteiger partial charge in [-0.3, -0.25) is 4.79 Å². The van der Waals surface area contributed by atoms with Crippen LogP contribution in [0.4, 0.5) is 0 Å². The van der Waals surface area contributed by atoms with Gasteiger partial charge in [-0.1, -0.05) is 5.92 Å². The average Bonchev–Trinajstić information content (AvgIpc) is 1.97. The zero-order valence-electron chi connectivity index (χ0n) is 7.68. The van der Waals surface area contributed by atoms with Crippen molar-refractivity contribution >= 4 is 5.91 Å². The summed E-state index contributed by atoms with van der Waals surface area (Å²) in [6.45, 7) is 5.04. The predicted octanol–water partition coefficient (Wildman–Crippen LogP) is 0.124. The van der Waals surface area contributed by atoms with Crippen LogP contribution in [0.1, 0.15) is 20.3 Å². The van der Waals surface area contributed by atoms with E-state index in [1.54, 1.807) is 0 Å². The summed E-state index contributed by atoms with van der Waals surface area (Å²) >= 11 is 0. The molecule has 2 N–H and O–H groups in total. The average molecular weight is 168 g/mol. The van der Waals surface area contributed by atoms with Gasteiger partial charge in [-0.25, -0.2) is 0 Å². The van der Waals surface area contributed by atoms with Crippen molar-refractivity contribution in [1.82, 2.24) is 10.6 Å². The number of nitrogens with one attached hydrogen (secondary N) is 2. The first kappa shape index (κ1) is 11.0. The molecule has 0 aliphatic carbocycles. The molecule has 68 valence electrons. The highest BCUT2D eigenvalue weighted by atomic mass is 16.1. The van der Waals surface area contributed by atoms with Crippen LogP contribution in [0.2, 0.25) is 0 Å². The van der Waals surface area contributed by atoms with Gasteiger partial charge in [0.2, 0.25) is 5.91 Å². The molecular weight excluding hydrogens is 152 g/mol. The van der Waals surface area contributed by atoms with Crippen LogP contribution < -0.4 is 10.6 Å². The lowest BCUT2D eigenvalue weighted by Gasteiger charge is -2.07. The van der Waals surface area contributed by atoms with Crippen LogP contribution >= 0.6 is 0 Å². The summed E-state index contributed by atoms with van der Waals surface area (Å²) < 4.78 is 0. The summed E-state index contributed by atoms with van der Waals surface area (Å²) in [6, 6.07) is 0.213. The Labute approximate surface area is 73.9 Å². The Morgan fingerprint density at radius 1 is 1.58 bits per heavy atom. The van der Waals surface area contributed by atoms with Crippen LogP contribution in [0.3, 0.4) is 0 Å². The van der Waals surface area contributed by atoms with Crippen molar-refractivity contribution in [3.8, 4) is 12.3 Å². The smallest absolute Gasteiger partial charge is 0.221 e. The molecule has 0 aliphatic rings. The standard InChI is InChI=1S/C9H16N2O/c1-4-6-10-7-5-9(12)11-8(2)3/h1,8,10H,5-7H2,2-3H3,(H,11,12). The molecule has 0 atom stereocenters. The normalized spacial score (nSPS) is 9.50. The molecular formula is C9H16N2O. The molecule has 3 nitrogen and oxygen atoms in total. The molecule has 0 aliphatic heterocycles. The van der Waals surface area contributed by atoms with E-state index in [1.165, 1.54) is 0 Å². The molecule has 12 heavy (non-hydrogen) atoms. The molecule has 0 aromatic rings. The van der Waals surface area contributed by atoms with Gasteiger partial charge in [-0.05, 0) is 13.8 Å². The third-order valence-electron chi connectivity index (χ3n) is 1.21. The molecule has 3 heteroatoms. The molecule has 0 rings (SSSR count). The van der Waals surface area contributed by atoms with Crippen LogP contribution in [0.25, 0.3) is 0 Å². The van der Waals surface area contributed by atoms with Crippen LogP contribution in [0, 0.1) is 12.3 Å². The number of amides is 1. The van der Waals surface area contributed by atoms with E-state index in [2.05, 4.69) is 16.6 Å². The van der Waals surface area contributed by atoms with E-state index < -0.39 is 0 Å². The van der Waals surface area contributed by atoms with E-state index in [9.17, 15) is 4.79 Å². The molecule has 0 aromatic carbocycles. The summed E-state index contributed by atoms with van der Waals surface area (Å²) in [4.78, 5) is 11.0. The van der Waals surface area contributed by atoms with Gasteiger partial charge in [0, 0.05) is 19.0 Å². The van der Waals surface area contributed by atoms with E-state index in [0.29, 0.717) is 19.5 Å². The Hall–Kier alpha value is -1.01. The van der Waals surface area contributed by atoms with Crippen molar-refractivity contribution in [2.45, 2.75) is 26.3 Å². The van der Waals surface area contributed by atoms with E-state index in [0.717, 1.165) is 0 Å². The lowest BCUT2D eigenvalue weighted by Crippen LogP contribution is -2.32. The molecule has 0 heterocycles. The molecule has 0 saturated heterocycles. The maximum Gasteiger partial charge on any atom is 0.221 e. The van der Waals surface area contributed by atoms with Gasteiger partial charge in [-0.15, -0.1) is 6.42 Å². The molecule has 0 aromatic heterocycles. The lowest BCUT2D eigenvalue weighted by atomic mass is 10.3. The highest BCUT2D eigenvalue weighted by molar-refractivity contribution is 5.76. The lowest BCUT2D eigenvalue weighted by molar-refractivity contribution is -0.121. The number of hydrogen-bond acceptors (Lipinski definition) is 2. The summed E-state index contributed by atoms with van der Waals surface area (Å²) in [5.41, 5.74) is 0. The monoisotopic (exact) mass is 168 g/mol. The molecule has 0 radical (unpaired) electrons. The Morgan fingerprint density at radius 3 is 2.75 bits per heavy atom. The van der Waals surface area contributed by atoms with Gasteiger partial charge in [0.25, 0.3) is 0 Å². The minimum Gasteiger partial charge on any atom is -0.354 e. The van der Waals surface area contributed by atoms with Crippen LogP contribution in [-0.4, -0.2) is 25.0 Å². The Morgan fingerprint density at radius 2 is 2.25 bits per heavy atom. The van der Waals surface area contributed by atoms with Gasteiger partial charge in [-0.2, -0.15) is 0 Å². The van der Waals surface area contributed by atoms with E-state index in [-0.39, 0.29) is 11.9 Å². The van der Waals surface area contributed by atoms with Crippen molar-refractivity contribution < 1.29 is 4.79 Å². The summed E-state index contributed by atoms with van der Waals surface area (Å²) in [5, 5.41) is 5.73. The van der Waals surface area contributed by atoms with Gasteiger partial charge < -0.3 is 10.6 Å². The van der Waals surface area contributed by atoms with Crippen LogP contribution in [-0.2, 0) is 4.79 Å². The number of rotatable bonds is 5. The maximum absolute atomic E-state index is 11.0. The fourth-order valence-electron chi connectivity index (χ4n) is 0.757. The van der Waals surface area contributed by atoms with Gasteiger partial charge >= 0.3 is 0 Å². The number of hydrogen-bond donors (Lipinski definition) is 2. The fourth-order valence-corrected chi connectivity index (χ4v) is 0.757. The second-order valence-corrected chi connectivity index (χ2v) is 2.85. The highest BCUT2D eigenvalue weighted by Gasteiger charge is 2.00.